The zero-order valence-corrected chi connectivity index (χ0v) is 12.4. The highest BCUT2D eigenvalue weighted by molar-refractivity contribution is 5.99. The molecule has 0 saturated carbocycles. The Labute approximate surface area is 134 Å². The van der Waals surface area contributed by atoms with Crippen LogP contribution in [0.4, 0.5) is 0 Å². The Morgan fingerprint density at radius 3 is 2.39 bits per heavy atom. The van der Waals surface area contributed by atoms with Crippen molar-refractivity contribution in [3.05, 3.63) is 78.4 Å². The van der Waals surface area contributed by atoms with Crippen molar-refractivity contribution in [1.29, 1.82) is 0 Å². The molecule has 1 aromatic carbocycles. The van der Waals surface area contributed by atoms with Crippen molar-refractivity contribution in [3.63, 3.8) is 0 Å². The Kier molecular flexibility index (Phi) is 3.52. The molecule has 0 fully saturated rings. The zero-order chi connectivity index (χ0) is 15.5. The van der Waals surface area contributed by atoms with Crippen LogP contribution in [0.5, 0.6) is 0 Å². The maximum absolute atomic E-state index is 4.55. The summed E-state index contributed by atoms with van der Waals surface area (Å²) in [5, 5.41) is 3.41. The topological polar surface area (TPSA) is 63.1 Å². The average Bonchev–Trinajstić information content (AvgIpc) is 3.14. The molecule has 1 atom stereocenters. The highest BCUT2D eigenvalue weighted by Crippen LogP contribution is 2.20. The zero-order valence-electron chi connectivity index (χ0n) is 12.4. The standard InChI is InChI=1S/C18H15N5/c1-2-5-13(6-3-1)17-20-10-15(11-21-17)16-12-22-18(23-16)14-7-4-8-19-9-14/h1-11,16H,12H2,(H,22,23). The molecule has 5 nitrogen and oxygen atoms in total. The number of rotatable bonds is 3. The Hall–Kier alpha value is -3.08. The summed E-state index contributed by atoms with van der Waals surface area (Å²) in [6.45, 7) is 0.679. The molecule has 3 aromatic rings. The first-order chi connectivity index (χ1) is 11.4. The molecule has 23 heavy (non-hydrogen) atoms. The van der Waals surface area contributed by atoms with Crippen LogP contribution in [-0.2, 0) is 0 Å². The number of amidine groups is 1. The highest BCUT2D eigenvalue weighted by Gasteiger charge is 2.21. The van der Waals surface area contributed by atoms with Crippen molar-refractivity contribution in [3.8, 4) is 11.4 Å². The third kappa shape index (κ3) is 2.81. The van der Waals surface area contributed by atoms with E-state index in [0.717, 1.165) is 28.4 Å². The van der Waals surface area contributed by atoms with Gasteiger partial charge >= 0.3 is 0 Å². The van der Waals surface area contributed by atoms with Gasteiger partial charge in [-0.3, -0.25) is 9.98 Å². The third-order valence-corrected chi connectivity index (χ3v) is 3.78. The van der Waals surface area contributed by atoms with Crippen LogP contribution in [0.2, 0.25) is 0 Å². The van der Waals surface area contributed by atoms with Gasteiger partial charge in [0, 0.05) is 41.5 Å². The number of nitrogens with one attached hydrogen (secondary N) is 1. The first-order valence-corrected chi connectivity index (χ1v) is 7.49. The van der Waals surface area contributed by atoms with Crippen molar-refractivity contribution in [2.75, 3.05) is 6.54 Å². The summed E-state index contributed by atoms with van der Waals surface area (Å²) in [5.74, 6) is 1.61. The van der Waals surface area contributed by atoms with Gasteiger partial charge in [0.15, 0.2) is 5.82 Å². The van der Waals surface area contributed by atoms with Gasteiger partial charge in [-0.2, -0.15) is 0 Å². The summed E-state index contributed by atoms with van der Waals surface area (Å²) in [4.78, 5) is 17.6. The number of hydrogen-bond donors (Lipinski definition) is 1. The van der Waals surface area contributed by atoms with Gasteiger partial charge in [-0.1, -0.05) is 30.3 Å². The smallest absolute Gasteiger partial charge is 0.159 e. The lowest BCUT2D eigenvalue weighted by Gasteiger charge is -2.12. The van der Waals surface area contributed by atoms with Gasteiger partial charge in [-0.25, -0.2) is 9.97 Å². The van der Waals surface area contributed by atoms with Crippen LogP contribution in [0, 0.1) is 0 Å². The van der Waals surface area contributed by atoms with Crippen molar-refractivity contribution in [2.45, 2.75) is 6.04 Å². The van der Waals surface area contributed by atoms with E-state index in [1.165, 1.54) is 0 Å². The Morgan fingerprint density at radius 1 is 0.870 bits per heavy atom. The van der Waals surface area contributed by atoms with Gasteiger partial charge in [0.2, 0.25) is 0 Å². The largest absolute Gasteiger partial charge is 0.361 e. The van der Waals surface area contributed by atoms with E-state index < -0.39 is 0 Å². The van der Waals surface area contributed by atoms with Crippen LogP contribution in [0.25, 0.3) is 11.4 Å². The number of aromatic nitrogens is 3. The third-order valence-electron chi connectivity index (χ3n) is 3.78. The Balaban J connectivity index is 1.50. The number of aliphatic imine (C=N–C) groups is 1. The summed E-state index contributed by atoms with van der Waals surface area (Å²) < 4.78 is 0. The summed E-state index contributed by atoms with van der Waals surface area (Å²) in [7, 11) is 0. The molecule has 1 aliphatic heterocycles. The molecule has 0 amide bonds. The minimum atomic E-state index is 0.107. The fourth-order valence-electron chi connectivity index (χ4n) is 2.56. The maximum atomic E-state index is 4.55. The van der Waals surface area contributed by atoms with E-state index in [2.05, 4.69) is 25.3 Å². The second-order valence-electron chi connectivity index (χ2n) is 5.33. The summed E-state index contributed by atoms with van der Waals surface area (Å²) in [6.07, 6.45) is 7.30. The fraction of sp³-hybridized carbons (Fsp3) is 0.111. The molecule has 4 rings (SSSR count). The molecular weight excluding hydrogens is 286 g/mol. The van der Waals surface area contributed by atoms with E-state index in [4.69, 9.17) is 0 Å². The number of benzene rings is 1. The fourth-order valence-corrected chi connectivity index (χ4v) is 2.56. The molecule has 0 radical (unpaired) electrons. The van der Waals surface area contributed by atoms with Gasteiger partial charge in [0.1, 0.15) is 5.84 Å². The van der Waals surface area contributed by atoms with Crippen LogP contribution in [0.3, 0.4) is 0 Å². The van der Waals surface area contributed by atoms with Crippen molar-refractivity contribution >= 4 is 5.84 Å². The molecule has 0 bridgehead atoms. The van der Waals surface area contributed by atoms with Gasteiger partial charge in [-0.05, 0) is 12.1 Å². The van der Waals surface area contributed by atoms with Gasteiger partial charge < -0.3 is 5.32 Å². The Morgan fingerprint density at radius 2 is 1.65 bits per heavy atom. The molecule has 3 heterocycles. The monoisotopic (exact) mass is 301 g/mol. The molecular formula is C18H15N5. The molecule has 2 aromatic heterocycles. The van der Waals surface area contributed by atoms with E-state index in [0.29, 0.717) is 6.54 Å². The lowest BCUT2D eigenvalue weighted by atomic mass is 10.1. The van der Waals surface area contributed by atoms with Gasteiger partial charge in [0.05, 0.1) is 12.6 Å². The second kappa shape index (κ2) is 5.96. The molecule has 0 aliphatic carbocycles. The van der Waals surface area contributed by atoms with Crippen LogP contribution >= 0.6 is 0 Å². The molecule has 1 N–H and O–H groups in total. The van der Waals surface area contributed by atoms with E-state index >= 15 is 0 Å². The number of hydrogen-bond acceptors (Lipinski definition) is 5. The lowest BCUT2D eigenvalue weighted by Crippen LogP contribution is -2.24. The van der Waals surface area contributed by atoms with E-state index in [-0.39, 0.29) is 6.04 Å². The van der Waals surface area contributed by atoms with Crippen LogP contribution in [0.1, 0.15) is 17.2 Å². The second-order valence-corrected chi connectivity index (χ2v) is 5.33. The van der Waals surface area contributed by atoms with E-state index in [1.807, 2.05) is 61.1 Å². The molecule has 1 aliphatic rings. The van der Waals surface area contributed by atoms with Crippen molar-refractivity contribution in [1.82, 2.24) is 20.3 Å². The van der Waals surface area contributed by atoms with Crippen molar-refractivity contribution < 1.29 is 0 Å². The maximum Gasteiger partial charge on any atom is 0.159 e. The lowest BCUT2D eigenvalue weighted by molar-refractivity contribution is 0.701. The summed E-state index contributed by atoms with van der Waals surface area (Å²) >= 11 is 0. The van der Waals surface area contributed by atoms with Crippen LogP contribution in [-0.4, -0.2) is 27.3 Å². The highest BCUT2D eigenvalue weighted by atomic mass is 15.1. The van der Waals surface area contributed by atoms with Crippen LogP contribution < -0.4 is 5.32 Å². The first kappa shape index (κ1) is 13.6. The van der Waals surface area contributed by atoms with Gasteiger partial charge in [0.25, 0.3) is 0 Å². The molecule has 0 saturated heterocycles. The minimum absolute atomic E-state index is 0.107. The van der Waals surface area contributed by atoms with Gasteiger partial charge in [-0.15, -0.1) is 0 Å². The first-order valence-electron chi connectivity index (χ1n) is 7.49. The summed E-state index contributed by atoms with van der Waals surface area (Å²) in [5.41, 5.74) is 3.05. The molecule has 5 heteroatoms. The van der Waals surface area contributed by atoms with E-state index in [1.54, 1.807) is 6.20 Å². The normalized spacial score (nSPS) is 16.7. The predicted molar refractivity (Wildman–Crippen MR) is 89.0 cm³/mol. The average molecular weight is 301 g/mol. The quantitative estimate of drug-likeness (QED) is 0.808. The SMILES string of the molecule is c1ccc(-c2ncc(C3CN=C(c4cccnc4)N3)cn2)cc1. The molecule has 112 valence electrons. The molecule has 1 unspecified atom stereocenters. The van der Waals surface area contributed by atoms with Crippen molar-refractivity contribution in [2.24, 2.45) is 4.99 Å². The van der Waals surface area contributed by atoms with Crippen LogP contribution in [0.15, 0.2) is 72.2 Å². The Bertz CT molecular complexity index is 813. The summed E-state index contributed by atoms with van der Waals surface area (Å²) in [6, 6.07) is 14.0. The van der Waals surface area contributed by atoms with E-state index in [9.17, 15) is 0 Å². The number of nitrogens with zero attached hydrogens (tertiary/aromatic N) is 4. The minimum Gasteiger partial charge on any atom is -0.361 e. The number of pyridine rings is 1. The predicted octanol–water partition coefficient (Wildman–Crippen LogP) is 2.63. The molecule has 0 spiro atoms.